The topological polar surface area (TPSA) is 76.1 Å². The molecule has 116 valence electrons. The highest BCUT2D eigenvalue weighted by Gasteiger charge is 2.02. The quantitative estimate of drug-likeness (QED) is 0.729. The van der Waals surface area contributed by atoms with Gasteiger partial charge in [0.05, 0.1) is 13.0 Å². The number of benzene rings is 1. The third kappa shape index (κ3) is 5.97. The van der Waals surface area contributed by atoms with E-state index in [9.17, 15) is 4.79 Å². The molecule has 1 aromatic carbocycles. The molecule has 0 bridgehead atoms. The molecule has 0 spiro atoms. The number of halogens is 1. The van der Waals surface area contributed by atoms with Gasteiger partial charge in [-0.3, -0.25) is 4.79 Å². The Labute approximate surface area is 133 Å². The van der Waals surface area contributed by atoms with Crippen molar-refractivity contribution in [2.75, 3.05) is 25.0 Å². The Kier molecular flexibility index (Phi) is 6.44. The molecular weight excluding hydrogens is 304 g/mol. The molecule has 0 fully saturated rings. The van der Waals surface area contributed by atoms with Crippen molar-refractivity contribution in [3.63, 3.8) is 0 Å². The fourth-order valence-electron chi connectivity index (χ4n) is 1.65. The van der Waals surface area contributed by atoms with Gasteiger partial charge in [-0.25, -0.2) is 9.97 Å². The van der Waals surface area contributed by atoms with E-state index in [-0.39, 0.29) is 5.91 Å². The standard InChI is InChI=1S/C15H17ClN4O2/c16-12-2-4-13(5-3-12)22-11-6-14(21)17-9-10-20-15-18-7-1-8-19-15/h1-5,7-8H,6,9-11H2,(H,17,21)(H,18,19,20). The number of rotatable bonds is 8. The molecule has 0 radical (unpaired) electrons. The van der Waals surface area contributed by atoms with E-state index in [4.69, 9.17) is 16.3 Å². The SMILES string of the molecule is O=C(CCOc1ccc(Cl)cc1)NCCNc1ncccn1. The molecule has 6 nitrogen and oxygen atoms in total. The molecule has 0 atom stereocenters. The summed E-state index contributed by atoms with van der Waals surface area (Å²) in [6.07, 6.45) is 3.61. The molecule has 0 aliphatic carbocycles. The minimum Gasteiger partial charge on any atom is -0.493 e. The molecule has 0 aliphatic rings. The van der Waals surface area contributed by atoms with Gasteiger partial charge in [0.2, 0.25) is 11.9 Å². The summed E-state index contributed by atoms with van der Waals surface area (Å²) < 4.78 is 5.45. The van der Waals surface area contributed by atoms with Crippen LogP contribution in [0.1, 0.15) is 6.42 Å². The number of hydrogen-bond donors (Lipinski definition) is 2. The Balaban J connectivity index is 1.55. The van der Waals surface area contributed by atoms with Crippen molar-refractivity contribution < 1.29 is 9.53 Å². The van der Waals surface area contributed by atoms with Crippen molar-refractivity contribution in [2.45, 2.75) is 6.42 Å². The maximum absolute atomic E-state index is 11.6. The molecule has 1 aromatic heterocycles. The van der Waals surface area contributed by atoms with Crippen LogP contribution in [-0.4, -0.2) is 35.6 Å². The highest BCUT2D eigenvalue weighted by atomic mass is 35.5. The minimum absolute atomic E-state index is 0.0651. The third-order valence-electron chi connectivity index (χ3n) is 2.71. The smallest absolute Gasteiger partial charge is 0.223 e. The number of nitrogens with zero attached hydrogens (tertiary/aromatic N) is 2. The van der Waals surface area contributed by atoms with E-state index in [0.29, 0.717) is 42.8 Å². The molecule has 0 unspecified atom stereocenters. The average molecular weight is 321 g/mol. The molecular formula is C15H17ClN4O2. The molecule has 1 amide bonds. The predicted octanol–water partition coefficient (Wildman–Crippen LogP) is 2.13. The third-order valence-corrected chi connectivity index (χ3v) is 2.96. The van der Waals surface area contributed by atoms with E-state index in [0.717, 1.165) is 0 Å². The van der Waals surface area contributed by atoms with E-state index in [1.165, 1.54) is 0 Å². The van der Waals surface area contributed by atoms with Crippen molar-refractivity contribution >= 4 is 23.5 Å². The van der Waals surface area contributed by atoms with Crippen LogP contribution < -0.4 is 15.4 Å². The summed E-state index contributed by atoms with van der Waals surface area (Å²) in [5.74, 6) is 1.17. The highest BCUT2D eigenvalue weighted by molar-refractivity contribution is 6.30. The summed E-state index contributed by atoms with van der Waals surface area (Å²) >= 11 is 5.78. The maximum Gasteiger partial charge on any atom is 0.223 e. The van der Waals surface area contributed by atoms with Crippen LogP contribution in [0.2, 0.25) is 5.02 Å². The zero-order chi connectivity index (χ0) is 15.6. The Bertz CT molecular complexity index is 578. The van der Waals surface area contributed by atoms with E-state index in [1.54, 1.807) is 42.7 Å². The van der Waals surface area contributed by atoms with Gasteiger partial charge < -0.3 is 15.4 Å². The lowest BCUT2D eigenvalue weighted by Crippen LogP contribution is -2.30. The largest absolute Gasteiger partial charge is 0.493 e. The highest BCUT2D eigenvalue weighted by Crippen LogP contribution is 2.15. The Hall–Kier alpha value is -2.34. The molecule has 0 saturated heterocycles. The van der Waals surface area contributed by atoms with Crippen LogP contribution in [-0.2, 0) is 4.79 Å². The normalized spacial score (nSPS) is 10.0. The zero-order valence-corrected chi connectivity index (χ0v) is 12.7. The van der Waals surface area contributed by atoms with Gasteiger partial charge in [-0.1, -0.05) is 11.6 Å². The van der Waals surface area contributed by atoms with Crippen LogP contribution in [0.5, 0.6) is 5.75 Å². The van der Waals surface area contributed by atoms with E-state index in [1.807, 2.05) is 0 Å². The first-order valence-electron chi connectivity index (χ1n) is 6.90. The molecule has 1 heterocycles. The van der Waals surface area contributed by atoms with Crippen LogP contribution in [0.15, 0.2) is 42.7 Å². The van der Waals surface area contributed by atoms with Crippen molar-refractivity contribution in [3.05, 3.63) is 47.7 Å². The first-order valence-corrected chi connectivity index (χ1v) is 7.28. The van der Waals surface area contributed by atoms with Crippen LogP contribution in [0.4, 0.5) is 5.95 Å². The van der Waals surface area contributed by atoms with Crippen LogP contribution in [0.3, 0.4) is 0 Å². The number of ether oxygens (including phenoxy) is 1. The Morgan fingerprint density at radius 3 is 2.59 bits per heavy atom. The van der Waals surface area contributed by atoms with Crippen LogP contribution in [0.25, 0.3) is 0 Å². The van der Waals surface area contributed by atoms with Crippen LogP contribution >= 0.6 is 11.6 Å². The van der Waals surface area contributed by atoms with E-state index < -0.39 is 0 Å². The Morgan fingerprint density at radius 1 is 1.14 bits per heavy atom. The summed E-state index contributed by atoms with van der Waals surface area (Å²) in [5, 5.41) is 6.45. The van der Waals surface area contributed by atoms with Crippen molar-refractivity contribution in [3.8, 4) is 5.75 Å². The molecule has 7 heteroatoms. The molecule has 2 N–H and O–H groups in total. The lowest BCUT2D eigenvalue weighted by molar-refractivity contribution is -0.121. The van der Waals surface area contributed by atoms with Gasteiger partial charge in [0, 0.05) is 30.5 Å². The number of anilines is 1. The van der Waals surface area contributed by atoms with Gasteiger partial charge in [-0.15, -0.1) is 0 Å². The maximum atomic E-state index is 11.6. The lowest BCUT2D eigenvalue weighted by atomic mass is 10.3. The summed E-state index contributed by atoms with van der Waals surface area (Å²) in [6, 6.07) is 8.77. The van der Waals surface area contributed by atoms with Gasteiger partial charge in [0.1, 0.15) is 5.75 Å². The zero-order valence-electron chi connectivity index (χ0n) is 12.0. The lowest BCUT2D eigenvalue weighted by Gasteiger charge is -2.08. The number of carbonyl (C=O) groups is 1. The second-order valence-electron chi connectivity index (χ2n) is 4.40. The molecule has 22 heavy (non-hydrogen) atoms. The Morgan fingerprint density at radius 2 is 1.86 bits per heavy atom. The second kappa shape index (κ2) is 8.84. The fraction of sp³-hybridized carbons (Fsp3) is 0.267. The first-order chi connectivity index (χ1) is 10.7. The molecule has 0 saturated carbocycles. The number of carbonyl (C=O) groups excluding carboxylic acids is 1. The van der Waals surface area contributed by atoms with E-state index in [2.05, 4.69) is 20.6 Å². The van der Waals surface area contributed by atoms with Crippen molar-refractivity contribution in [2.24, 2.45) is 0 Å². The second-order valence-corrected chi connectivity index (χ2v) is 4.84. The predicted molar refractivity (Wildman–Crippen MR) is 85.1 cm³/mol. The number of hydrogen-bond acceptors (Lipinski definition) is 5. The van der Waals surface area contributed by atoms with Gasteiger partial charge in [0.15, 0.2) is 0 Å². The number of aromatic nitrogens is 2. The number of nitrogens with one attached hydrogen (secondary N) is 2. The number of amides is 1. The fourth-order valence-corrected chi connectivity index (χ4v) is 1.77. The van der Waals surface area contributed by atoms with Gasteiger partial charge >= 0.3 is 0 Å². The van der Waals surface area contributed by atoms with Gasteiger partial charge in [0.25, 0.3) is 0 Å². The van der Waals surface area contributed by atoms with Crippen molar-refractivity contribution in [1.29, 1.82) is 0 Å². The van der Waals surface area contributed by atoms with Crippen LogP contribution in [0, 0.1) is 0 Å². The first kappa shape index (κ1) is 16.0. The monoisotopic (exact) mass is 320 g/mol. The van der Waals surface area contributed by atoms with Crippen molar-refractivity contribution in [1.82, 2.24) is 15.3 Å². The van der Waals surface area contributed by atoms with E-state index >= 15 is 0 Å². The molecule has 2 aromatic rings. The summed E-state index contributed by atoms with van der Waals surface area (Å²) in [4.78, 5) is 19.7. The molecule has 2 rings (SSSR count). The van der Waals surface area contributed by atoms with Gasteiger partial charge in [-0.05, 0) is 30.3 Å². The summed E-state index contributed by atoms with van der Waals surface area (Å²) in [6.45, 7) is 1.38. The average Bonchev–Trinajstić information content (AvgIpc) is 2.54. The van der Waals surface area contributed by atoms with Gasteiger partial charge in [-0.2, -0.15) is 0 Å². The minimum atomic E-state index is -0.0651. The summed E-state index contributed by atoms with van der Waals surface area (Å²) in [7, 11) is 0. The molecule has 0 aliphatic heterocycles. The summed E-state index contributed by atoms with van der Waals surface area (Å²) in [5.41, 5.74) is 0.